The Kier molecular flexibility index (Phi) is 5.33. The van der Waals surface area contributed by atoms with Gasteiger partial charge in [-0.3, -0.25) is 9.59 Å². The molecule has 3 N–H and O–H groups in total. The van der Waals surface area contributed by atoms with Gasteiger partial charge in [-0.1, -0.05) is 29.8 Å². The summed E-state index contributed by atoms with van der Waals surface area (Å²) >= 11 is 0. The number of hydrogen-bond donors (Lipinski definition) is 2. The average Bonchev–Trinajstić information content (AvgIpc) is 2.89. The fourth-order valence-electron chi connectivity index (χ4n) is 2.46. The number of carbonyl (C=O) groups excluding carboxylic acids is 2. The minimum atomic E-state index is -0.640. The molecule has 5 heteroatoms. The van der Waals surface area contributed by atoms with Gasteiger partial charge in [0, 0.05) is 26.1 Å². The van der Waals surface area contributed by atoms with Gasteiger partial charge in [-0.2, -0.15) is 0 Å². The van der Waals surface area contributed by atoms with Crippen LogP contribution in [0.15, 0.2) is 24.3 Å². The number of likely N-dealkylation sites (tertiary alicyclic amines) is 1. The normalized spacial score (nSPS) is 16.1. The fraction of sp³-hybridized carbons (Fsp3) is 0.500. The molecule has 21 heavy (non-hydrogen) atoms. The Labute approximate surface area is 125 Å². The van der Waals surface area contributed by atoms with Crippen molar-refractivity contribution >= 4 is 11.8 Å². The Bertz CT molecular complexity index is 499. The highest BCUT2D eigenvalue weighted by atomic mass is 16.2. The summed E-state index contributed by atoms with van der Waals surface area (Å²) in [7, 11) is 0. The van der Waals surface area contributed by atoms with Gasteiger partial charge in [-0.25, -0.2) is 0 Å². The quantitative estimate of drug-likeness (QED) is 0.771. The van der Waals surface area contributed by atoms with Gasteiger partial charge in [-0.05, 0) is 25.3 Å². The van der Waals surface area contributed by atoms with Gasteiger partial charge in [0.1, 0.15) is 6.04 Å². The first-order valence-electron chi connectivity index (χ1n) is 7.45. The molecule has 1 aromatic rings. The van der Waals surface area contributed by atoms with Crippen molar-refractivity contribution in [3.63, 3.8) is 0 Å². The second-order valence-electron chi connectivity index (χ2n) is 5.52. The zero-order chi connectivity index (χ0) is 15.2. The molecule has 1 aliphatic heterocycles. The second kappa shape index (κ2) is 7.22. The van der Waals surface area contributed by atoms with Crippen LogP contribution in [0.1, 0.15) is 36.4 Å². The number of amides is 2. The minimum absolute atomic E-state index is 0.174. The average molecular weight is 289 g/mol. The smallest absolute Gasteiger partial charge is 0.241 e. The van der Waals surface area contributed by atoms with Gasteiger partial charge < -0.3 is 16.0 Å². The van der Waals surface area contributed by atoms with E-state index >= 15 is 0 Å². The predicted molar refractivity (Wildman–Crippen MR) is 81.5 cm³/mol. The monoisotopic (exact) mass is 289 g/mol. The molecule has 114 valence electrons. The van der Waals surface area contributed by atoms with Crippen LogP contribution in [0.2, 0.25) is 0 Å². The van der Waals surface area contributed by atoms with Crippen molar-refractivity contribution in [2.75, 3.05) is 19.6 Å². The zero-order valence-corrected chi connectivity index (χ0v) is 12.5. The van der Waals surface area contributed by atoms with E-state index in [0.717, 1.165) is 30.5 Å². The molecule has 5 nitrogen and oxygen atoms in total. The number of rotatable bonds is 6. The van der Waals surface area contributed by atoms with E-state index in [1.54, 1.807) is 0 Å². The van der Waals surface area contributed by atoms with Crippen LogP contribution < -0.4 is 11.1 Å². The third-order valence-electron chi connectivity index (χ3n) is 3.79. The van der Waals surface area contributed by atoms with Crippen LogP contribution >= 0.6 is 0 Å². The van der Waals surface area contributed by atoms with E-state index in [4.69, 9.17) is 5.73 Å². The number of carbonyl (C=O) groups is 2. The molecule has 0 spiro atoms. The lowest BCUT2D eigenvalue weighted by Crippen LogP contribution is -2.36. The Morgan fingerprint density at radius 3 is 2.71 bits per heavy atom. The Morgan fingerprint density at radius 1 is 1.38 bits per heavy atom. The SMILES string of the molecule is Cc1ccc(C(N)C(=O)NCCCN2CCCC2=O)cc1. The van der Waals surface area contributed by atoms with Crippen LogP contribution in [0.3, 0.4) is 0 Å². The number of benzene rings is 1. The molecular weight excluding hydrogens is 266 g/mol. The van der Waals surface area contributed by atoms with Crippen molar-refractivity contribution in [3.8, 4) is 0 Å². The van der Waals surface area contributed by atoms with Crippen molar-refractivity contribution < 1.29 is 9.59 Å². The van der Waals surface area contributed by atoms with Crippen LogP contribution in [0.25, 0.3) is 0 Å². The molecule has 1 saturated heterocycles. The van der Waals surface area contributed by atoms with Gasteiger partial charge in [-0.15, -0.1) is 0 Å². The highest BCUT2D eigenvalue weighted by Gasteiger charge is 2.19. The highest BCUT2D eigenvalue weighted by Crippen LogP contribution is 2.12. The summed E-state index contributed by atoms with van der Waals surface area (Å²) in [4.78, 5) is 25.3. The lowest BCUT2D eigenvalue weighted by molar-refractivity contribution is -0.127. The molecule has 0 bridgehead atoms. The number of nitrogens with one attached hydrogen (secondary N) is 1. The third-order valence-corrected chi connectivity index (χ3v) is 3.79. The van der Waals surface area contributed by atoms with Crippen LogP contribution in [0.5, 0.6) is 0 Å². The van der Waals surface area contributed by atoms with E-state index in [2.05, 4.69) is 5.32 Å². The van der Waals surface area contributed by atoms with E-state index in [0.29, 0.717) is 19.5 Å². The van der Waals surface area contributed by atoms with Crippen molar-refractivity contribution in [1.82, 2.24) is 10.2 Å². The fourth-order valence-corrected chi connectivity index (χ4v) is 2.46. The van der Waals surface area contributed by atoms with Gasteiger partial charge in [0.05, 0.1) is 0 Å². The zero-order valence-electron chi connectivity index (χ0n) is 12.5. The maximum absolute atomic E-state index is 12.0. The van der Waals surface area contributed by atoms with Crippen LogP contribution in [0, 0.1) is 6.92 Å². The van der Waals surface area contributed by atoms with Gasteiger partial charge in [0.2, 0.25) is 11.8 Å². The number of aryl methyl sites for hydroxylation is 1. The van der Waals surface area contributed by atoms with E-state index in [-0.39, 0.29) is 11.8 Å². The number of nitrogens with zero attached hydrogens (tertiary/aromatic N) is 1. The lowest BCUT2D eigenvalue weighted by Gasteiger charge is -2.16. The molecule has 1 aliphatic rings. The predicted octanol–water partition coefficient (Wildman–Crippen LogP) is 1.12. The van der Waals surface area contributed by atoms with Crippen LogP contribution in [0.4, 0.5) is 0 Å². The van der Waals surface area contributed by atoms with E-state index in [9.17, 15) is 9.59 Å². The minimum Gasteiger partial charge on any atom is -0.354 e. The van der Waals surface area contributed by atoms with Crippen molar-refractivity contribution in [3.05, 3.63) is 35.4 Å². The molecule has 0 aliphatic carbocycles. The van der Waals surface area contributed by atoms with E-state index in [1.807, 2.05) is 36.1 Å². The maximum Gasteiger partial charge on any atom is 0.241 e. The third kappa shape index (κ3) is 4.29. The maximum atomic E-state index is 12.0. The molecule has 1 heterocycles. The summed E-state index contributed by atoms with van der Waals surface area (Å²) in [5, 5.41) is 2.83. The first kappa shape index (κ1) is 15.5. The lowest BCUT2D eigenvalue weighted by atomic mass is 10.1. The molecule has 1 fully saturated rings. The molecule has 0 saturated carbocycles. The summed E-state index contributed by atoms with van der Waals surface area (Å²) in [5.74, 6) is 0.0456. The summed E-state index contributed by atoms with van der Waals surface area (Å²) in [6.45, 7) is 4.09. The Morgan fingerprint density at radius 2 is 2.10 bits per heavy atom. The molecule has 0 aromatic heterocycles. The largest absolute Gasteiger partial charge is 0.354 e. The molecule has 2 amide bonds. The van der Waals surface area contributed by atoms with E-state index in [1.165, 1.54) is 0 Å². The molecule has 1 atom stereocenters. The van der Waals surface area contributed by atoms with Crippen LogP contribution in [-0.2, 0) is 9.59 Å². The Hall–Kier alpha value is -1.88. The van der Waals surface area contributed by atoms with Crippen molar-refractivity contribution in [2.24, 2.45) is 5.73 Å². The molecule has 1 unspecified atom stereocenters. The number of hydrogen-bond acceptors (Lipinski definition) is 3. The van der Waals surface area contributed by atoms with Crippen molar-refractivity contribution in [2.45, 2.75) is 32.2 Å². The van der Waals surface area contributed by atoms with Gasteiger partial charge in [0.15, 0.2) is 0 Å². The van der Waals surface area contributed by atoms with E-state index < -0.39 is 6.04 Å². The summed E-state index contributed by atoms with van der Waals surface area (Å²) in [6.07, 6.45) is 2.37. The van der Waals surface area contributed by atoms with Gasteiger partial charge in [0.25, 0.3) is 0 Å². The summed E-state index contributed by atoms with van der Waals surface area (Å²) in [6, 6.07) is 7.01. The molecular formula is C16H23N3O2. The standard InChI is InChI=1S/C16H23N3O2/c1-12-5-7-13(8-6-12)15(17)16(21)18-9-3-11-19-10-2-4-14(19)20/h5-8,15H,2-4,9-11,17H2,1H3,(H,18,21). The second-order valence-corrected chi connectivity index (χ2v) is 5.52. The molecule has 1 aromatic carbocycles. The first-order chi connectivity index (χ1) is 10.1. The van der Waals surface area contributed by atoms with Crippen molar-refractivity contribution in [1.29, 1.82) is 0 Å². The highest BCUT2D eigenvalue weighted by molar-refractivity contribution is 5.82. The topological polar surface area (TPSA) is 75.4 Å². The Balaban J connectivity index is 1.71. The van der Waals surface area contributed by atoms with Crippen LogP contribution in [-0.4, -0.2) is 36.3 Å². The summed E-state index contributed by atoms with van der Waals surface area (Å²) in [5.41, 5.74) is 7.89. The number of nitrogens with two attached hydrogens (primary N) is 1. The first-order valence-corrected chi connectivity index (χ1v) is 7.45. The molecule has 0 radical (unpaired) electrons. The molecule has 2 rings (SSSR count). The van der Waals surface area contributed by atoms with Gasteiger partial charge >= 0.3 is 0 Å². The summed E-state index contributed by atoms with van der Waals surface area (Å²) < 4.78 is 0.